The molecule has 3 fully saturated rings. The van der Waals surface area contributed by atoms with Crippen molar-refractivity contribution in [1.82, 2.24) is 19.5 Å². The Hall–Kier alpha value is -3.92. The first-order chi connectivity index (χ1) is 21.5. The zero-order valence-electron chi connectivity index (χ0n) is 24.5. The van der Waals surface area contributed by atoms with Crippen LogP contribution in [0.25, 0.3) is 11.2 Å². The molecule has 1 saturated carbocycles. The number of amides is 1. The van der Waals surface area contributed by atoms with Gasteiger partial charge in [-0.2, -0.15) is 9.97 Å². The van der Waals surface area contributed by atoms with Gasteiger partial charge < -0.3 is 34.7 Å². The molecule has 0 radical (unpaired) electrons. The third kappa shape index (κ3) is 5.16. The average molecular weight is 647 g/mol. The molecule has 1 amide bonds. The van der Waals surface area contributed by atoms with E-state index in [1.54, 1.807) is 43.0 Å². The van der Waals surface area contributed by atoms with Crippen LogP contribution >= 0.6 is 11.6 Å². The number of nitrogens with zero attached hydrogens (tertiary/aromatic N) is 5. The molecule has 4 heterocycles. The van der Waals surface area contributed by atoms with Gasteiger partial charge in [0.05, 0.1) is 19.5 Å². The van der Waals surface area contributed by atoms with E-state index in [0.717, 1.165) is 12.8 Å². The minimum absolute atomic E-state index is 0.0139. The van der Waals surface area contributed by atoms with Crippen LogP contribution in [0.15, 0.2) is 30.6 Å². The number of rotatable bonds is 10. The standard InChI is InChI=1S/C29H32ClFN6O8/c1-3-42-25(39)28(26(40)43-4-2,13-15-8-10-16(11-9-15)36-12-6-5-7-17(36)38)45-21-20-29(21,41)19(31)24(44-20)37-14-33-18-22(32)34-27(30)35-23(18)37/h8-11,14,19-21,24,41H,3-7,12-13H2,1-2H3,(H2,32,34,35)/t19-,20-,21?,24-,29+/m1/s1. The Bertz CT molecular complexity index is 1620. The highest BCUT2D eigenvalue weighted by Gasteiger charge is 2.81. The van der Waals surface area contributed by atoms with E-state index in [4.69, 9.17) is 36.3 Å². The SMILES string of the molecule is CCOC(=O)C(Cc1ccc(N2CCCCC2=O)cc1)(OC1[C@H]2O[C@@H](n3cnc4c(N)nc(Cl)nc43)[C@@H](F)[C@@]12O)C(=O)OCC. The van der Waals surface area contributed by atoms with Crippen molar-refractivity contribution in [2.24, 2.45) is 0 Å². The Morgan fingerprint density at radius 1 is 1.18 bits per heavy atom. The molecular weight excluding hydrogens is 615 g/mol. The second-order valence-corrected chi connectivity index (χ2v) is 11.4. The third-order valence-corrected chi connectivity index (χ3v) is 8.48. The van der Waals surface area contributed by atoms with E-state index in [0.29, 0.717) is 24.2 Å². The first-order valence-corrected chi connectivity index (χ1v) is 15.0. The van der Waals surface area contributed by atoms with Crippen LogP contribution in [0.5, 0.6) is 0 Å². The van der Waals surface area contributed by atoms with Crippen molar-refractivity contribution < 1.29 is 42.8 Å². The zero-order valence-corrected chi connectivity index (χ0v) is 25.3. The fraction of sp³-hybridized carbons (Fsp3) is 0.517. The molecule has 45 heavy (non-hydrogen) atoms. The number of alkyl halides is 1. The molecule has 14 nitrogen and oxygen atoms in total. The predicted molar refractivity (Wildman–Crippen MR) is 156 cm³/mol. The molecule has 1 aliphatic carbocycles. The summed E-state index contributed by atoms with van der Waals surface area (Å²) in [6.07, 6.45) is -3.19. The molecule has 0 bridgehead atoms. The van der Waals surface area contributed by atoms with E-state index in [9.17, 15) is 19.5 Å². The van der Waals surface area contributed by atoms with Gasteiger partial charge in [-0.1, -0.05) is 12.1 Å². The lowest BCUT2D eigenvalue weighted by atomic mass is 9.93. The highest BCUT2D eigenvalue weighted by Crippen LogP contribution is 2.58. The van der Waals surface area contributed by atoms with Crippen molar-refractivity contribution in [3.63, 3.8) is 0 Å². The van der Waals surface area contributed by atoms with E-state index in [1.807, 2.05) is 0 Å². The number of ether oxygens (including phenoxy) is 4. The van der Waals surface area contributed by atoms with Gasteiger partial charge in [-0.3, -0.25) is 9.36 Å². The van der Waals surface area contributed by atoms with E-state index in [1.165, 1.54) is 10.9 Å². The molecule has 1 unspecified atom stereocenters. The van der Waals surface area contributed by atoms with Crippen LogP contribution in [0.2, 0.25) is 5.28 Å². The number of fused-ring (bicyclic) bond motifs is 2. The summed E-state index contributed by atoms with van der Waals surface area (Å²) in [5, 5.41) is 11.2. The number of imidazole rings is 1. The van der Waals surface area contributed by atoms with Gasteiger partial charge in [0.15, 0.2) is 29.5 Å². The van der Waals surface area contributed by atoms with Crippen molar-refractivity contribution in [1.29, 1.82) is 0 Å². The molecule has 3 N–H and O–H groups in total. The van der Waals surface area contributed by atoms with Gasteiger partial charge in [0, 0.05) is 25.1 Å². The Labute approximate surface area is 261 Å². The minimum atomic E-state index is -2.41. The van der Waals surface area contributed by atoms with Crippen LogP contribution in [-0.4, -0.2) is 91.8 Å². The van der Waals surface area contributed by atoms with E-state index in [2.05, 4.69) is 15.0 Å². The number of esters is 2. The maximum absolute atomic E-state index is 16.0. The molecular formula is C29H32ClFN6O8. The first-order valence-electron chi connectivity index (χ1n) is 14.6. The molecule has 6 rings (SSSR count). The Kier molecular flexibility index (Phi) is 8.14. The Balaban J connectivity index is 1.28. The van der Waals surface area contributed by atoms with Gasteiger partial charge in [-0.25, -0.2) is 19.0 Å². The zero-order chi connectivity index (χ0) is 32.1. The summed E-state index contributed by atoms with van der Waals surface area (Å²) in [6.45, 7) is 3.51. The summed E-state index contributed by atoms with van der Waals surface area (Å²) in [6, 6.07) is 6.73. The van der Waals surface area contributed by atoms with Crippen LogP contribution in [0.3, 0.4) is 0 Å². The summed E-state index contributed by atoms with van der Waals surface area (Å²) in [4.78, 5) is 53.1. The van der Waals surface area contributed by atoms with Gasteiger partial charge in [0.2, 0.25) is 11.2 Å². The number of hydrogen-bond acceptors (Lipinski definition) is 12. The Morgan fingerprint density at radius 2 is 1.87 bits per heavy atom. The summed E-state index contributed by atoms with van der Waals surface area (Å²) in [5.41, 5.74) is 2.60. The van der Waals surface area contributed by atoms with E-state index >= 15 is 4.39 Å². The highest BCUT2D eigenvalue weighted by molar-refractivity contribution is 6.28. The topological polar surface area (TPSA) is 181 Å². The van der Waals surface area contributed by atoms with Crippen molar-refractivity contribution in [3.8, 4) is 0 Å². The largest absolute Gasteiger partial charge is 0.463 e. The normalized spacial score (nSPS) is 26.2. The number of aliphatic hydroxyl groups is 1. The molecule has 2 aromatic heterocycles. The molecule has 16 heteroatoms. The van der Waals surface area contributed by atoms with Crippen LogP contribution in [0.4, 0.5) is 15.9 Å². The Morgan fingerprint density at radius 3 is 2.47 bits per heavy atom. The third-order valence-electron chi connectivity index (χ3n) is 8.31. The van der Waals surface area contributed by atoms with Crippen LogP contribution in [0, 0.1) is 0 Å². The van der Waals surface area contributed by atoms with Crippen LogP contribution in [-0.2, 0) is 39.8 Å². The monoisotopic (exact) mass is 646 g/mol. The number of aromatic nitrogens is 4. The summed E-state index contributed by atoms with van der Waals surface area (Å²) < 4.78 is 39.7. The number of benzene rings is 1. The van der Waals surface area contributed by atoms with Crippen LogP contribution in [0.1, 0.15) is 44.9 Å². The molecule has 5 atom stereocenters. The lowest BCUT2D eigenvalue weighted by Gasteiger charge is -2.32. The second-order valence-electron chi connectivity index (χ2n) is 11.1. The smallest absolute Gasteiger partial charge is 0.350 e. The number of nitrogen functional groups attached to an aromatic ring is 1. The number of anilines is 2. The summed E-state index contributed by atoms with van der Waals surface area (Å²) in [7, 11) is 0. The number of carbonyl (C=O) groups is 3. The highest BCUT2D eigenvalue weighted by atomic mass is 35.5. The van der Waals surface area contributed by atoms with Gasteiger partial charge in [-0.15, -0.1) is 0 Å². The molecule has 2 aliphatic heterocycles. The molecule has 0 spiro atoms. The van der Waals surface area contributed by atoms with Crippen molar-refractivity contribution >= 4 is 52.1 Å². The lowest BCUT2D eigenvalue weighted by molar-refractivity contribution is -0.201. The fourth-order valence-electron chi connectivity index (χ4n) is 5.97. The minimum Gasteiger partial charge on any atom is -0.463 e. The van der Waals surface area contributed by atoms with Gasteiger partial charge in [0.1, 0.15) is 17.7 Å². The number of nitrogens with two attached hydrogens (primary N) is 1. The lowest BCUT2D eigenvalue weighted by Crippen LogP contribution is -2.55. The molecule has 3 aliphatic rings. The maximum Gasteiger partial charge on any atom is 0.350 e. The number of piperidine rings is 1. The quantitative estimate of drug-likeness (QED) is 0.186. The van der Waals surface area contributed by atoms with Crippen molar-refractivity contribution in [2.75, 3.05) is 30.4 Å². The first kappa shape index (κ1) is 31.1. The van der Waals surface area contributed by atoms with Gasteiger partial charge in [0.25, 0.3) is 5.60 Å². The number of hydrogen-bond donors (Lipinski definition) is 2. The second kappa shape index (κ2) is 11.8. The fourth-order valence-corrected chi connectivity index (χ4v) is 6.14. The van der Waals surface area contributed by atoms with E-state index in [-0.39, 0.29) is 47.8 Å². The number of carbonyl (C=O) groups excluding carboxylic acids is 3. The summed E-state index contributed by atoms with van der Waals surface area (Å²) >= 11 is 5.94. The van der Waals surface area contributed by atoms with Gasteiger partial charge >= 0.3 is 11.9 Å². The van der Waals surface area contributed by atoms with Crippen molar-refractivity contribution in [3.05, 3.63) is 41.4 Å². The molecule has 1 aromatic carbocycles. The van der Waals surface area contributed by atoms with E-state index < -0.39 is 47.7 Å². The average Bonchev–Trinajstić information content (AvgIpc) is 3.25. The molecule has 240 valence electrons. The van der Waals surface area contributed by atoms with Crippen molar-refractivity contribution in [2.45, 2.75) is 75.3 Å². The maximum atomic E-state index is 16.0. The van der Waals surface area contributed by atoms with Crippen LogP contribution < -0.4 is 10.6 Å². The molecule has 2 saturated heterocycles. The summed E-state index contributed by atoms with van der Waals surface area (Å²) in [5.74, 6) is -2.14. The molecule has 3 aromatic rings. The number of halogens is 2. The van der Waals surface area contributed by atoms with Gasteiger partial charge in [-0.05, 0) is 56.0 Å². The predicted octanol–water partition coefficient (Wildman–Crippen LogP) is 2.05.